The molecule has 0 aliphatic heterocycles. The van der Waals surface area contributed by atoms with Gasteiger partial charge < -0.3 is 29.8 Å². The van der Waals surface area contributed by atoms with Gasteiger partial charge in [-0.05, 0) is 55.5 Å². The Kier molecular flexibility index (Phi) is 32.3. The molecular formula is C38H46ClF9NO6P2Ru+3. The number of ether oxygens (including phenoxy) is 2. The van der Waals surface area contributed by atoms with E-state index in [1.54, 1.807) is 17.3 Å². The van der Waals surface area contributed by atoms with E-state index in [0.29, 0.717) is 7.11 Å². The minimum absolute atomic E-state index is 0.152. The number of esters is 1. The van der Waals surface area contributed by atoms with Crippen LogP contribution in [-0.4, -0.2) is 93.5 Å². The first-order valence-corrected chi connectivity index (χ1v) is 22.5. The van der Waals surface area contributed by atoms with E-state index >= 15 is 0 Å². The number of rotatable bonds is 12. The largest absolute Gasteiger partial charge is 0.310 e. The van der Waals surface area contributed by atoms with Crippen molar-refractivity contribution in [3.63, 3.8) is 0 Å². The summed E-state index contributed by atoms with van der Waals surface area (Å²) in [4.78, 5) is 17.2. The molecule has 4 aromatic carbocycles. The molecule has 0 bridgehead atoms. The van der Waals surface area contributed by atoms with Gasteiger partial charge >= 0.3 is 51.5 Å². The first-order chi connectivity index (χ1) is 27.4. The number of carbonyl (C=O) groups excluding carboxylic acids is 2. The Morgan fingerprint density at radius 1 is 0.690 bits per heavy atom. The summed E-state index contributed by atoms with van der Waals surface area (Å²) in [5.41, 5.74) is 0. The van der Waals surface area contributed by atoms with E-state index in [0.717, 1.165) is 13.1 Å². The third-order valence-electron chi connectivity index (χ3n) is 6.79. The van der Waals surface area contributed by atoms with Crippen molar-refractivity contribution in [2.75, 3.05) is 45.7 Å². The number of methoxy groups -OCH3 is 1. The van der Waals surface area contributed by atoms with Crippen LogP contribution < -0.4 is 26.5 Å². The third kappa shape index (κ3) is 26.9. The summed E-state index contributed by atoms with van der Waals surface area (Å²) in [6, 6.07) is 44.2. The smallest absolute Gasteiger partial charge is 0.0967 e. The number of aliphatic hydroxyl groups is 2. The fourth-order valence-corrected chi connectivity index (χ4v) is 9.44. The first kappa shape index (κ1) is 57.1. The number of alkyl halides is 9. The van der Waals surface area contributed by atoms with Gasteiger partial charge in [0.2, 0.25) is 0 Å². The molecule has 0 fully saturated rings. The van der Waals surface area contributed by atoms with Crippen LogP contribution in [0.2, 0.25) is 0 Å². The zero-order valence-corrected chi connectivity index (χ0v) is 35.7. The van der Waals surface area contributed by atoms with Gasteiger partial charge in [-0.1, -0.05) is 72.8 Å². The van der Waals surface area contributed by atoms with Crippen molar-refractivity contribution in [3.8, 4) is 0 Å². The normalized spacial score (nSPS) is 11.3. The molecule has 3 N–H and O–H groups in total. The summed E-state index contributed by atoms with van der Waals surface area (Å²) in [5.74, 6) is -2.17. The standard InChI is InChI=1S/C28H29NP2.C4H7F3O2.C3H3F3O2.C2H3F3O.CHO.ClH.Ru.H/c1-5-13-25(14-6-1)30(26-15-7-2-8-16-26)23-21-29-22-24-31(27-17-9-3-10-18-27)28-19-11-4-12-20-28;1-2-9-3(8)4(5,6)7;1-8-2(7)3(4,5)6;3-2(4,5)1-6;1-2;;;/h1-20,29H,21-24H2;3,8H,2H2,1H3;1H3;6H,1H2;1H;1H;;/q;;;;-1;;+3;/p+1. The first-order valence-electron chi connectivity index (χ1n) is 16.7. The fraction of sp³-hybridized carbons (Fsp3) is 0.316. The van der Waals surface area contributed by atoms with Gasteiger partial charge in [-0.15, -0.1) is 0 Å². The monoisotopic (exact) mass is 982 g/mol. The van der Waals surface area contributed by atoms with Gasteiger partial charge in [0.05, 0.1) is 56.5 Å². The molecule has 4 rings (SSSR count). The summed E-state index contributed by atoms with van der Waals surface area (Å²) in [6.07, 6.45) is -14.1. The van der Waals surface area contributed by atoms with E-state index in [2.05, 4.69) is 153 Å². The maximum Gasteiger partial charge on any atom is 0.0967 e. The van der Waals surface area contributed by atoms with Gasteiger partial charge in [-0.25, -0.2) is 4.79 Å². The molecule has 1 unspecified atom stereocenters. The molecule has 0 aromatic heterocycles. The molecule has 324 valence electrons. The zero-order chi connectivity index (χ0) is 44.6. The maximum atomic E-state index is 11.3. The minimum Gasteiger partial charge on any atom is -0.310 e. The van der Waals surface area contributed by atoms with Crippen LogP contribution in [0.15, 0.2) is 121 Å². The van der Waals surface area contributed by atoms with Crippen LogP contribution in [0, 0.1) is 0 Å². The second-order valence-electron chi connectivity index (χ2n) is 10.8. The van der Waals surface area contributed by atoms with Gasteiger partial charge in [0.25, 0.3) is 6.29 Å². The van der Waals surface area contributed by atoms with E-state index in [9.17, 15) is 44.3 Å². The third-order valence-corrected chi connectivity index (χ3v) is 12.4. The number of carbonyl (C=O) groups is 1. The topological polar surface area (TPSA) is 105 Å². The summed E-state index contributed by atoms with van der Waals surface area (Å²) >= 11 is 1.62. The molecule has 0 spiro atoms. The summed E-state index contributed by atoms with van der Waals surface area (Å²) in [7, 11) is 3.77. The van der Waals surface area contributed by atoms with Crippen LogP contribution in [0.25, 0.3) is 0 Å². The van der Waals surface area contributed by atoms with Crippen molar-refractivity contribution in [1.82, 2.24) is 5.32 Å². The number of aliphatic hydroxyl groups excluding tert-OH is 2. The Morgan fingerprint density at radius 2 is 0.966 bits per heavy atom. The van der Waals surface area contributed by atoms with E-state index in [1.165, 1.54) is 40.5 Å². The van der Waals surface area contributed by atoms with Crippen LogP contribution in [-0.2, 0) is 36.4 Å². The average Bonchev–Trinajstić information content (AvgIpc) is 3.23. The van der Waals surface area contributed by atoms with Crippen LogP contribution >= 0.6 is 25.5 Å². The predicted molar refractivity (Wildman–Crippen MR) is 212 cm³/mol. The molecule has 0 aliphatic rings. The van der Waals surface area contributed by atoms with E-state index < -0.39 is 53.2 Å². The Labute approximate surface area is 348 Å². The molecule has 0 radical (unpaired) electrons. The van der Waals surface area contributed by atoms with E-state index in [-0.39, 0.29) is 6.61 Å². The maximum absolute atomic E-state index is 11.3. The van der Waals surface area contributed by atoms with Gasteiger partial charge in [-0.3, -0.25) is 6.79 Å². The summed E-state index contributed by atoms with van der Waals surface area (Å²) in [5, 5.41) is 25.1. The second-order valence-corrected chi connectivity index (χ2v) is 16.0. The molecule has 0 amide bonds. The number of hydrogen-bond donors (Lipinski definition) is 3. The van der Waals surface area contributed by atoms with Crippen molar-refractivity contribution in [1.29, 1.82) is 0 Å². The van der Waals surface area contributed by atoms with Crippen molar-refractivity contribution in [3.05, 3.63) is 121 Å². The van der Waals surface area contributed by atoms with Crippen molar-refractivity contribution < 1.29 is 86.1 Å². The van der Waals surface area contributed by atoms with Crippen LogP contribution in [0.3, 0.4) is 0 Å². The minimum atomic E-state index is -4.85. The van der Waals surface area contributed by atoms with Crippen LogP contribution in [0.1, 0.15) is 6.92 Å². The van der Waals surface area contributed by atoms with E-state index in [1.807, 2.05) is 0 Å². The van der Waals surface area contributed by atoms with Crippen molar-refractivity contribution in [2.24, 2.45) is 0 Å². The molecule has 0 saturated heterocycles. The molecule has 1 atom stereocenters. The van der Waals surface area contributed by atoms with E-state index in [4.69, 9.17) is 15.0 Å². The SMILES string of the molecule is CCOC(O)C(F)(F)F.COC(=O)C(F)(F)F.OCC(F)(F)F.[CH-]=O.[Cl][RuH+2].c1ccc([PH+](CCNCC[PH+](c2ccccc2)c2ccccc2)c2ccccc2)cc1. The van der Waals surface area contributed by atoms with Gasteiger partial charge in [0, 0.05) is 19.7 Å². The summed E-state index contributed by atoms with van der Waals surface area (Å²) in [6.45, 7) is 4.87. The number of halogens is 10. The van der Waals surface area contributed by atoms with Crippen molar-refractivity contribution >= 4 is 59.5 Å². The Hall–Kier alpha value is -3.00. The van der Waals surface area contributed by atoms with Crippen LogP contribution in [0.5, 0.6) is 0 Å². The molecule has 7 nitrogen and oxygen atoms in total. The summed E-state index contributed by atoms with van der Waals surface area (Å²) < 4.78 is 106. The van der Waals surface area contributed by atoms with Gasteiger partial charge in [-0.2, -0.15) is 39.5 Å². The predicted octanol–water partition coefficient (Wildman–Crippen LogP) is 6.62. The van der Waals surface area contributed by atoms with Gasteiger partial charge in [0.1, 0.15) is 6.61 Å². The van der Waals surface area contributed by atoms with Gasteiger partial charge in [0.15, 0.2) is 0 Å². The molecule has 0 aliphatic carbocycles. The number of benzene rings is 4. The molecule has 58 heavy (non-hydrogen) atoms. The quantitative estimate of drug-likeness (QED) is 0.0215. The Bertz CT molecular complexity index is 1410. The molecule has 0 heterocycles. The molecule has 0 saturated carbocycles. The fourth-order valence-electron chi connectivity index (χ4n) is 4.39. The van der Waals surface area contributed by atoms with Crippen LogP contribution in [0.4, 0.5) is 39.5 Å². The molecule has 20 heteroatoms. The average molecular weight is 982 g/mol. The zero-order valence-electron chi connectivity index (χ0n) is 31.1. The molecule has 4 aromatic rings. The van der Waals surface area contributed by atoms with Crippen molar-refractivity contribution in [2.45, 2.75) is 31.7 Å². The Morgan fingerprint density at radius 3 is 1.12 bits per heavy atom. The number of hydrogen-bond acceptors (Lipinski definition) is 7. The number of nitrogens with one attached hydrogen (secondary N) is 1. The molecular weight excluding hydrogens is 936 g/mol. The Balaban J connectivity index is 0. The second kappa shape index (κ2) is 32.8.